The fourth-order valence-corrected chi connectivity index (χ4v) is 4.31. The summed E-state index contributed by atoms with van der Waals surface area (Å²) in [5.74, 6) is 0.786. The molecule has 1 aromatic heterocycles. The average Bonchev–Trinajstić information content (AvgIpc) is 2.77. The Hall–Kier alpha value is 0.1000. The number of hydrogen-bond donors (Lipinski definition) is 1. The second-order valence-electron chi connectivity index (χ2n) is 5.41. The van der Waals surface area contributed by atoms with Crippen molar-refractivity contribution in [3.05, 3.63) is 20.8 Å². The van der Waals surface area contributed by atoms with Crippen molar-refractivity contribution in [1.82, 2.24) is 10.2 Å². The van der Waals surface area contributed by atoms with Gasteiger partial charge in [-0.1, -0.05) is 13.8 Å². The molecular weight excluding hydrogens is 308 g/mol. The quantitative estimate of drug-likeness (QED) is 0.880. The molecule has 0 saturated carbocycles. The van der Waals surface area contributed by atoms with E-state index in [0.29, 0.717) is 6.04 Å². The molecule has 1 fully saturated rings. The van der Waals surface area contributed by atoms with Crippen molar-refractivity contribution >= 4 is 27.3 Å². The molecule has 1 N–H and O–H groups in total. The van der Waals surface area contributed by atoms with Crippen molar-refractivity contribution in [1.29, 1.82) is 0 Å². The van der Waals surface area contributed by atoms with Gasteiger partial charge < -0.3 is 5.32 Å². The third kappa shape index (κ3) is 3.80. The maximum absolute atomic E-state index is 3.71. The zero-order valence-electron chi connectivity index (χ0n) is 11.3. The summed E-state index contributed by atoms with van der Waals surface area (Å²) in [4.78, 5) is 4.16. The Balaban J connectivity index is 2.09. The van der Waals surface area contributed by atoms with Gasteiger partial charge in [0.2, 0.25) is 0 Å². The topological polar surface area (TPSA) is 15.3 Å². The van der Waals surface area contributed by atoms with Gasteiger partial charge in [0.05, 0.1) is 0 Å². The largest absolute Gasteiger partial charge is 0.314 e. The first-order chi connectivity index (χ1) is 8.68. The first-order valence-corrected chi connectivity index (χ1v) is 8.53. The van der Waals surface area contributed by atoms with Gasteiger partial charge in [-0.25, -0.2) is 0 Å². The lowest BCUT2D eigenvalue weighted by Gasteiger charge is -2.35. The third-order valence-corrected chi connectivity index (χ3v) is 5.53. The number of hydrogen-bond acceptors (Lipinski definition) is 3. The first kappa shape index (κ1) is 14.5. The summed E-state index contributed by atoms with van der Waals surface area (Å²) in [5, 5.41) is 5.64. The maximum Gasteiger partial charge on any atom is 0.0454 e. The molecule has 2 nitrogen and oxygen atoms in total. The molecule has 102 valence electrons. The monoisotopic (exact) mass is 330 g/mol. The van der Waals surface area contributed by atoms with E-state index in [4.69, 9.17) is 0 Å². The molecular formula is C14H23BrN2S. The summed E-state index contributed by atoms with van der Waals surface area (Å²) in [6, 6.07) is 2.79. The van der Waals surface area contributed by atoms with Crippen LogP contribution in [0, 0.1) is 5.92 Å². The van der Waals surface area contributed by atoms with E-state index < -0.39 is 0 Å². The second kappa shape index (κ2) is 7.04. The van der Waals surface area contributed by atoms with Gasteiger partial charge in [0.1, 0.15) is 0 Å². The molecule has 1 aliphatic heterocycles. The number of nitrogens with zero attached hydrogens (tertiary/aromatic N) is 1. The van der Waals surface area contributed by atoms with Crippen LogP contribution in [0.3, 0.4) is 0 Å². The predicted molar refractivity (Wildman–Crippen MR) is 83.3 cm³/mol. The summed E-state index contributed by atoms with van der Waals surface area (Å²) in [6.07, 6.45) is 2.58. The summed E-state index contributed by atoms with van der Waals surface area (Å²) in [6.45, 7) is 9.24. The van der Waals surface area contributed by atoms with Gasteiger partial charge in [-0.2, -0.15) is 0 Å². The molecule has 2 rings (SSSR count). The Labute approximate surface area is 123 Å². The van der Waals surface area contributed by atoms with Crippen LogP contribution in [0.1, 0.15) is 37.6 Å². The molecule has 1 atom stereocenters. The minimum Gasteiger partial charge on any atom is -0.314 e. The summed E-state index contributed by atoms with van der Waals surface area (Å²) < 4.78 is 1.29. The van der Waals surface area contributed by atoms with E-state index in [2.05, 4.69) is 51.4 Å². The van der Waals surface area contributed by atoms with Crippen LogP contribution in [0.15, 0.2) is 15.9 Å². The van der Waals surface area contributed by atoms with E-state index in [1.54, 1.807) is 0 Å². The smallest absolute Gasteiger partial charge is 0.0454 e. The molecule has 0 unspecified atom stereocenters. The molecule has 1 saturated heterocycles. The van der Waals surface area contributed by atoms with E-state index in [1.807, 2.05) is 11.3 Å². The molecule has 0 aromatic carbocycles. The molecule has 1 aromatic rings. The van der Waals surface area contributed by atoms with Gasteiger partial charge in [0, 0.05) is 41.6 Å². The lowest BCUT2D eigenvalue weighted by atomic mass is 10.0. The van der Waals surface area contributed by atoms with Crippen molar-refractivity contribution in [3.63, 3.8) is 0 Å². The Kier molecular flexibility index (Phi) is 5.67. The highest BCUT2D eigenvalue weighted by Crippen LogP contribution is 2.36. The van der Waals surface area contributed by atoms with Crippen LogP contribution in [-0.2, 0) is 0 Å². The molecule has 4 heteroatoms. The van der Waals surface area contributed by atoms with Gasteiger partial charge in [0.15, 0.2) is 0 Å². The highest BCUT2D eigenvalue weighted by Gasteiger charge is 2.24. The van der Waals surface area contributed by atoms with Crippen LogP contribution in [0.5, 0.6) is 0 Å². The Morgan fingerprint density at radius 3 is 2.61 bits per heavy atom. The van der Waals surface area contributed by atoms with E-state index in [0.717, 1.165) is 19.0 Å². The minimum atomic E-state index is 0.601. The predicted octanol–water partition coefficient (Wildman–Crippen LogP) is 3.89. The number of halogens is 1. The number of thiophene rings is 1. The van der Waals surface area contributed by atoms with E-state index >= 15 is 0 Å². The lowest BCUT2D eigenvalue weighted by Crippen LogP contribution is -2.45. The summed E-state index contributed by atoms with van der Waals surface area (Å²) in [7, 11) is 0. The SMILES string of the molecule is CC(C)CC[C@@H](c1sccc1Br)N1CCNCC1. The van der Waals surface area contributed by atoms with Crippen molar-refractivity contribution in [2.24, 2.45) is 5.92 Å². The molecule has 0 aliphatic carbocycles. The summed E-state index contributed by atoms with van der Waals surface area (Å²) >= 11 is 5.60. The van der Waals surface area contributed by atoms with Crippen LogP contribution < -0.4 is 5.32 Å². The van der Waals surface area contributed by atoms with Crippen LogP contribution in [0.25, 0.3) is 0 Å². The van der Waals surface area contributed by atoms with Crippen LogP contribution in [-0.4, -0.2) is 31.1 Å². The van der Waals surface area contributed by atoms with Gasteiger partial charge in [-0.15, -0.1) is 11.3 Å². The summed E-state index contributed by atoms with van der Waals surface area (Å²) in [5.41, 5.74) is 0. The molecule has 0 bridgehead atoms. The Morgan fingerprint density at radius 1 is 1.33 bits per heavy atom. The number of nitrogens with one attached hydrogen (secondary N) is 1. The van der Waals surface area contributed by atoms with E-state index in [1.165, 1.54) is 35.3 Å². The fraction of sp³-hybridized carbons (Fsp3) is 0.714. The van der Waals surface area contributed by atoms with Crippen molar-refractivity contribution in [2.75, 3.05) is 26.2 Å². The van der Waals surface area contributed by atoms with Crippen LogP contribution >= 0.6 is 27.3 Å². The van der Waals surface area contributed by atoms with Crippen LogP contribution in [0.4, 0.5) is 0 Å². The normalized spacial score (nSPS) is 19.3. The zero-order chi connectivity index (χ0) is 13.0. The average molecular weight is 331 g/mol. The molecule has 0 radical (unpaired) electrons. The fourth-order valence-electron chi connectivity index (χ4n) is 2.51. The number of rotatable bonds is 5. The third-order valence-electron chi connectivity index (χ3n) is 3.56. The number of piperazine rings is 1. The first-order valence-electron chi connectivity index (χ1n) is 6.86. The zero-order valence-corrected chi connectivity index (χ0v) is 13.7. The van der Waals surface area contributed by atoms with Crippen molar-refractivity contribution < 1.29 is 0 Å². The molecule has 18 heavy (non-hydrogen) atoms. The molecule has 0 amide bonds. The van der Waals surface area contributed by atoms with Gasteiger partial charge in [-0.05, 0) is 46.1 Å². The highest BCUT2D eigenvalue weighted by atomic mass is 79.9. The van der Waals surface area contributed by atoms with Crippen molar-refractivity contribution in [2.45, 2.75) is 32.7 Å². The second-order valence-corrected chi connectivity index (χ2v) is 7.21. The van der Waals surface area contributed by atoms with Gasteiger partial charge in [-0.3, -0.25) is 4.90 Å². The van der Waals surface area contributed by atoms with E-state index in [-0.39, 0.29) is 0 Å². The standard InChI is InChI=1S/C14H23BrN2S/c1-11(2)3-4-13(14-12(15)5-10-18-14)17-8-6-16-7-9-17/h5,10-11,13,16H,3-4,6-9H2,1-2H3/t13-/m0/s1. The Morgan fingerprint density at radius 2 is 2.06 bits per heavy atom. The van der Waals surface area contributed by atoms with Gasteiger partial charge >= 0.3 is 0 Å². The van der Waals surface area contributed by atoms with Crippen LogP contribution in [0.2, 0.25) is 0 Å². The Bertz CT molecular complexity index is 358. The van der Waals surface area contributed by atoms with Crippen molar-refractivity contribution in [3.8, 4) is 0 Å². The van der Waals surface area contributed by atoms with E-state index in [9.17, 15) is 0 Å². The van der Waals surface area contributed by atoms with Gasteiger partial charge in [0.25, 0.3) is 0 Å². The molecule has 1 aliphatic rings. The molecule has 2 heterocycles. The molecule has 0 spiro atoms. The minimum absolute atomic E-state index is 0.601. The highest BCUT2D eigenvalue weighted by molar-refractivity contribution is 9.10. The maximum atomic E-state index is 3.71. The lowest BCUT2D eigenvalue weighted by molar-refractivity contribution is 0.162.